The summed E-state index contributed by atoms with van der Waals surface area (Å²) in [6.07, 6.45) is 0.773. The van der Waals surface area contributed by atoms with Crippen LogP contribution in [-0.2, 0) is 4.74 Å². The van der Waals surface area contributed by atoms with E-state index < -0.39 is 0 Å². The number of amides is 1. The second-order valence-electron chi connectivity index (χ2n) is 6.27. The molecule has 0 fully saturated rings. The fraction of sp³-hybridized carbons (Fsp3) is 0.238. The van der Waals surface area contributed by atoms with Crippen LogP contribution in [0.25, 0.3) is 11.0 Å². The zero-order valence-electron chi connectivity index (χ0n) is 15.6. The van der Waals surface area contributed by atoms with E-state index in [-0.39, 0.29) is 11.9 Å². The SMILES string of the molecule is CCCOC(=O)c1ccc(NC(=O)c2ccc3nc(C)c(C)nc3c2)cc1. The van der Waals surface area contributed by atoms with Crippen LogP contribution >= 0.6 is 0 Å². The predicted octanol–water partition coefficient (Wildman–Crippen LogP) is 4.07. The molecule has 1 amide bonds. The molecule has 3 rings (SSSR count). The highest BCUT2D eigenvalue weighted by Crippen LogP contribution is 2.17. The number of aromatic nitrogens is 2. The number of carbonyl (C=O) groups excluding carboxylic acids is 2. The van der Waals surface area contributed by atoms with Crippen molar-refractivity contribution in [1.82, 2.24) is 9.97 Å². The molecule has 2 aromatic carbocycles. The van der Waals surface area contributed by atoms with Gasteiger partial charge in [0.2, 0.25) is 0 Å². The van der Waals surface area contributed by atoms with Crippen molar-refractivity contribution >= 4 is 28.6 Å². The number of hydrogen-bond donors (Lipinski definition) is 1. The lowest BCUT2D eigenvalue weighted by Crippen LogP contribution is -2.12. The van der Waals surface area contributed by atoms with Gasteiger partial charge in [0, 0.05) is 11.3 Å². The minimum absolute atomic E-state index is 0.252. The van der Waals surface area contributed by atoms with E-state index in [1.54, 1.807) is 42.5 Å². The molecule has 6 heteroatoms. The highest BCUT2D eigenvalue weighted by molar-refractivity contribution is 6.06. The van der Waals surface area contributed by atoms with E-state index in [2.05, 4.69) is 15.3 Å². The van der Waals surface area contributed by atoms with Crippen LogP contribution < -0.4 is 5.32 Å². The van der Waals surface area contributed by atoms with Crippen LogP contribution in [0.1, 0.15) is 45.4 Å². The summed E-state index contributed by atoms with van der Waals surface area (Å²) in [4.78, 5) is 33.3. The molecule has 138 valence electrons. The molecule has 6 nitrogen and oxygen atoms in total. The van der Waals surface area contributed by atoms with Crippen LogP contribution in [0.5, 0.6) is 0 Å². The topological polar surface area (TPSA) is 81.2 Å². The quantitative estimate of drug-likeness (QED) is 0.691. The van der Waals surface area contributed by atoms with E-state index in [1.165, 1.54) is 0 Å². The molecule has 0 saturated heterocycles. The Labute approximate surface area is 157 Å². The van der Waals surface area contributed by atoms with Crippen molar-refractivity contribution in [2.24, 2.45) is 0 Å². The standard InChI is InChI=1S/C21H21N3O3/c1-4-11-27-21(26)15-5-8-17(9-6-15)24-20(25)16-7-10-18-19(12-16)23-14(3)13(2)22-18/h5-10,12H,4,11H2,1-3H3,(H,24,25). The third-order valence-electron chi connectivity index (χ3n) is 4.15. The molecule has 27 heavy (non-hydrogen) atoms. The first kappa shape index (κ1) is 18.5. The first-order valence-electron chi connectivity index (χ1n) is 8.81. The van der Waals surface area contributed by atoms with Gasteiger partial charge in [0.15, 0.2) is 0 Å². The zero-order valence-corrected chi connectivity index (χ0v) is 15.6. The summed E-state index contributed by atoms with van der Waals surface area (Å²) in [7, 11) is 0. The maximum atomic E-state index is 12.5. The van der Waals surface area contributed by atoms with Gasteiger partial charge in [-0.05, 0) is 62.7 Å². The number of fused-ring (bicyclic) bond motifs is 1. The first-order chi connectivity index (χ1) is 13.0. The average Bonchev–Trinajstić information content (AvgIpc) is 2.67. The van der Waals surface area contributed by atoms with Crippen LogP contribution in [0.4, 0.5) is 5.69 Å². The number of hydrogen-bond acceptors (Lipinski definition) is 5. The van der Waals surface area contributed by atoms with Crippen LogP contribution in [0.2, 0.25) is 0 Å². The molecule has 0 bridgehead atoms. The summed E-state index contributed by atoms with van der Waals surface area (Å²) in [6.45, 7) is 6.12. The van der Waals surface area contributed by atoms with Crippen molar-refractivity contribution in [1.29, 1.82) is 0 Å². The average molecular weight is 363 g/mol. The number of esters is 1. The number of nitrogens with one attached hydrogen (secondary N) is 1. The van der Waals surface area contributed by atoms with Crippen LogP contribution in [0.3, 0.4) is 0 Å². The van der Waals surface area contributed by atoms with Gasteiger partial charge in [-0.1, -0.05) is 6.92 Å². The predicted molar refractivity (Wildman–Crippen MR) is 104 cm³/mol. The third kappa shape index (κ3) is 4.28. The van der Waals surface area contributed by atoms with Crippen molar-refractivity contribution in [3.05, 3.63) is 65.0 Å². The van der Waals surface area contributed by atoms with Crippen molar-refractivity contribution in [3.63, 3.8) is 0 Å². The summed E-state index contributed by atoms with van der Waals surface area (Å²) in [5.41, 5.74) is 4.69. The minimum atomic E-state index is -0.367. The zero-order chi connectivity index (χ0) is 19.4. The monoisotopic (exact) mass is 363 g/mol. The first-order valence-corrected chi connectivity index (χ1v) is 8.81. The van der Waals surface area contributed by atoms with E-state index in [1.807, 2.05) is 20.8 Å². The highest BCUT2D eigenvalue weighted by atomic mass is 16.5. The largest absolute Gasteiger partial charge is 0.462 e. The number of nitrogens with zero attached hydrogens (tertiary/aromatic N) is 2. The summed E-state index contributed by atoms with van der Waals surface area (Å²) in [6, 6.07) is 11.8. The highest BCUT2D eigenvalue weighted by Gasteiger charge is 2.11. The van der Waals surface area contributed by atoms with Crippen molar-refractivity contribution in [3.8, 4) is 0 Å². The van der Waals surface area contributed by atoms with E-state index in [0.29, 0.717) is 28.9 Å². The molecular formula is C21H21N3O3. The summed E-state index contributed by atoms with van der Waals surface area (Å²) in [5.74, 6) is -0.619. The Morgan fingerprint density at radius 2 is 1.56 bits per heavy atom. The Hall–Kier alpha value is -3.28. The van der Waals surface area contributed by atoms with E-state index >= 15 is 0 Å². The molecule has 0 aliphatic rings. The van der Waals surface area contributed by atoms with E-state index in [0.717, 1.165) is 23.3 Å². The third-order valence-corrected chi connectivity index (χ3v) is 4.15. The summed E-state index contributed by atoms with van der Waals surface area (Å²) < 4.78 is 5.09. The Bertz CT molecular complexity index is 997. The molecule has 0 spiro atoms. The minimum Gasteiger partial charge on any atom is -0.462 e. The van der Waals surface area contributed by atoms with Crippen molar-refractivity contribution in [2.45, 2.75) is 27.2 Å². The van der Waals surface area contributed by atoms with Gasteiger partial charge in [-0.3, -0.25) is 4.79 Å². The molecule has 1 heterocycles. The van der Waals surface area contributed by atoms with Crippen molar-refractivity contribution in [2.75, 3.05) is 11.9 Å². The Balaban J connectivity index is 1.74. The Morgan fingerprint density at radius 1 is 0.926 bits per heavy atom. The van der Waals surface area contributed by atoms with E-state index in [4.69, 9.17) is 4.74 Å². The summed E-state index contributed by atoms with van der Waals surface area (Å²) >= 11 is 0. The van der Waals surface area contributed by atoms with Gasteiger partial charge >= 0.3 is 5.97 Å². The normalized spacial score (nSPS) is 10.6. The molecule has 0 atom stereocenters. The molecule has 0 saturated carbocycles. The fourth-order valence-corrected chi connectivity index (χ4v) is 2.54. The van der Waals surface area contributed by atoms with Crippen LogP contribution in [0.15, 0.2) is 42.5 Å². The van der Waals surface area contributed by atoms with E-state index in [9.17, 15) is 9.59 Å². The molecule has 1 N–H and O–H groups in total. The van der Waals surface area contributed by atoms with Gasteiger partial charge in [0.1, 0.15) is 0 Å². The number of aryl methyl sites for hydroxylation is 2. The molecule has 0 unspecified atom stereocenters. The number of anilines is 1. The van der Waals surface area contributed by atoms with Crippen molar-refractivity contribution < 1.29 is 14.3 Å². The second-order valence-corrected chi connectivity index (χ2v) is 6.27. The Morgan fingerprint density at radius 3 is 2.22 bits per heavy atom. The number of carbonyl (C=O) groups is 2. The van der Waals surface area contributed by atoms with Gasteiger partial charge in [-0.15, -0.1) is 0 Å². The fourth-order valence-electron chi connectivity index (χ4n) is 2.54. The smallest absolute Gasteiger partial charge is 0.338 e. The Kier molecular flexibility index (Phi) is 5.45. The lowest BCUT2D eigenvalue weighted by molar-refractivity contribution is 0.0505. The van der Waals surface area contributed by atoms with Gasteiger partial charge in [-0.2, -0.15) is 0 Å². The number of benzene rings is 2. The van der Waals surface area contributed by atoms with Gasteiger partial charge in [-0.25, -0.2) is 14.8 Å². The van der Waals surface area contributed by atoms with Crippen LogP contribution in [-0.4, -0.2) is 28.5 Å². The molecule has 0 radical (unpaired) electrons. The lowest BCUT2D eigenvalue weighted by Gasteiger charge is -2.08. The maximum absolute atomic E-state index is 12.5. The molecule has 0 aliphatic carbocycles. The van der Waals surface area contributed by atoms with Gasteiger partial charge < -0.3 is 10.1 Å². The number of ether oxygens (including phenoxy) is 1. The van der Waals surface area contributed by atoms with Gasteiger partial charge in [0.25, 0.3) is 5.91 Å². The maximum Gasteiger partial charge on any atom is 0.338 e. The molecule has 0 aliphatic heterocycles. The summed E-state index contributed by atoms with van der Waals surface area (Å²) in [5, 5.41) is 2.82. The molecule has 3 aromatic rings. The lowest BCUT2D eigenvalue weighted by atomic mass is 10.1. The number of rotatable bonds is 5. The van der Waals surface area contributed by atoms with Gasteiger partial charge in [0.05, 0.1) is 34.6 Å². The van der Waals surface area contributed by atoms with Crippen LogP contribution in [0, 0.1) is 13.8 Å². The molecule has 1 aromatic heterocycles. The second kappa shape index (κ2) is 7.95. The molecular weight excluding hydrogens is 342 g/mol.